The number of hydrogen-bond donors (Lipinski definition) is 0. The van der Waals surface area contributed by atoms with Gasteiger partial charge >= 0.3 is 35.5 Å². The maximum Gasteiger partial charge on any atom is 1.00 e. The number of aliphatic carboxylic acids is 1. The molecule has 0 aliphatic heterocycles. The van der Waals surface area contributed by atoms with E-state index in [1.54, 1.807) is 0 Å². The molecule has 116 valence electrons. The van der Waals surface area contributed by atoms with Gasteiger partial charge in [-0.3, -0.25) is 0 Å². The Morgan fingerprint density at radius 2 is 1.55 bits per heavy atom. The van der Waals surface area contributed by atoms with Crippen molar-refractivity contribution >= 4 is 11.9 Å². The first-order chi connectivity index (χ1) is 9.82. The van der Waals surface area contributed by atoms with Gasteiger partial charge in [-0.05, 0) is 23.0 Å². The number of carbonyl (C=O) groups excluding carboxylic acids is 2. The van der Waals surface area contributed by atoms with Crippen LogP contribution < -0.4 is 39.4 Å². The fraction of sp³-hybridized carbons (Fsp3) is 0.500. The molecular weight excluding hydrogens is 295 g/mol. The number of benzene rings is 1. The smallest absolute Gasteiger partial charge is 0.548 e. The van der Waals surface area contributed by atoms with Crippen LogP contribution in [0.4, 0.5) is 0 Å². The number of para-hydroxylation sites is 1. The Labute approximate surface area is 153 Å². The summed E-state index contributed by atoms with van der Waals surface area (Å²) in [6.07, 6.45) is 0. The molecule has 6 heteroatoms. The Balaban J connectivity index is 0.00000441. The maximum atomic E-state index is 11.8. The van der Waals surface area contributed by atoms with E-state index in [4.69, 9.17) is 9.47 Å². The fourth-order valence-corrected chi connectivity index (χ4v) is 1.96. The summed E-state index contributed by atoms with van der Waals surface area (Å²) in [4.78, 5) is 22.0. The van der Waals surface area contributed by atoms with E-state index in [2.05, 4.69) is 0 Å². The maximum absolute atomic E-state index is 11.8. The van der Waals surface area contributed by atoms with Crippen LogP contribution in [-0.4, -0.2) is 25.2 Å². The van der Waals surface area contributed by atoms with E-state index in [1.165, 1.54) is 0 Å². The molecule has 0 aliphatic carbocycles. The summed E-state index contributed by atoms with van der Waals surface area (Å²) in [7, 11) is 0. The third-order valence-electron chi connectivity index (χ3n) is 2.98. The molecule has 1 aromatic carbocycles. The number of ether oxygens (including phenoxy) is 2. The summed E-state index contributed by atoms with van der Waals surface area (Å²) >= 11 is 0. The van der Waals surface area contributed by atoms with Crippen molar-refractivity contribution in [3.8, 4) is 5.75 Å². The molecule has 0 aromatic heterocycles. The minimum Gasteiger partial charge on any atom is -0.548 e. The van der Waals surface area contributed by atoms with E-state index in [0.717, 1.165) is 11.1 Å². The van der Waals surface area contributed by atoms with Crippen molar-refractivity contribution < 1.29 is 53.7 Å². The predicted octanol–water partition coefficient (Wildman–Crippen LogP) is -1.39. The Morgan fingerprint density at radius 3 is 1.95 bits per heavy atom. The molecule has 0 fully saturated rings. The normalized spacial score (nSPS) is 10.5. The minimum atomic E-state index is -1.37. The molecule has 0 aliphatic rings. The number of hydrogen-bond acceptors (Lipinski definition) is 5. The number of carboxylic acid groups (broad SMARTS) is 1. The van der Waals surface area contributed by atoms with Gasteiger partial charge in [0.2, 0.25) is 0 Å². The van der Waals surface area contributed by atoms with E-state index in [0.29, 0.717) is 5.75 Å². The monoisotopic (exact) mass is 316 g/mol. The SMILES string of the molecule is CC(C)c1cccc(C(C)C)c1OC(=O)COCC(=O)[O-].[Na+]. The van der Waals surface area contributed by atoms with E-state index in [1.807, 2.05) is 45.9 Å². The zero-order valence-corrected chi connectivity index (χ0v) is 15.8. The molecule has 0 unspecified atom stereocenters. The van der Waals surface area contributed by atoms with Crippen LogP contribution in [0.3, 0.4) is 0 Å². The zero-order valence-electron chi connectivity index (χ0n) is 13.8. The second-order valence-electron chi connectivity index (χ2n) is 5.41. The van der Waals surface area contributed by atoms with Crippen LogP contribution in [0.25, 0.3) is 0 Å². The first-order valence-corrected chi connectivity index (χ1v) is 6.94. The molecule has 0 amide bonds. The largest absolute Gasteiger partial charge is 1.00 e. The average Bonchev–Trinajstić information content (AvgIpc) is 2.37. The Hall–Kier alpha value is -0.880. The summed E-state index contributed by atoms with van der Waals surface area (Å²) < 4.78 is 10.1. The van der Waals surface area contributed by atoms with Crippen LogP contribution in [0.5, 0.6) is 5.75 Å². The number of carboxylic acids is 1. The van der Waals surface area contributed by atoms with E-state index in [9.17, 15) is 14.7 Å². The quantitative estimate of drug-likeness (QED) is 0.352. The first-order valence-electron chi connectivity index (χ1n) is 6.94. The molecule has 0 atom stereocenters. The second kappa shape index (κ2) is 10.0. The Bertz CT molecular complexity index is 485. The van der Waals surface area contributed by atoms with E-state index in [-0.39, 0.29) is 41.4 Å². The number of carbonyl (C=O) groups is 2. The zero-order chi connectivity index (χ0) is 16.0. The molecular formula is C16H21NaO5. The summed E-state index contributed by atoms with van der Waals surface area (Å²) in [6.45, 7) is 7.02. The molecule has 0 N–H and O–H groups in total. The molecule has 0 saturated carbocycles. The molecule has 1 rings (SSSR count). The van der Waals surface area contributed by atoms with Gasteiger partial charge in [0.25, 0.3) is 0 Å². The van der Waals surface area contributed by atoms with Crippen LogP contribution in [0.2, 0.25) is 0 Å². The van der Waals surface area contributed by atoms with Crippen LogP contribution in [0, 0.1) is 0 Å². The molecule has 0 saturated heterocycles. The molecule has 0 spiro atoms. The van der Waals surface area contributed by atoms with Gasteiger partial charge in [-0.2, -0.15) is 0 Å². The molecule has 0 bridgehead atoms. The van der Waals surface area contributed by atoms with E-state index >= 15 is 0 Å². The Kier molecular flexibility index (Phi) is 9.60. The Morgan fingerprint density at radius 1 is 1.05 bits per heavy atom. The summed E-state index contributed by atoms with van der Waals surface area (Å²) in [5.74, 6) is -1.03. The van der Waals surface area contributed by atoms with Crippen molar-refractivity contribution in [1.82, 2.24) is 0 Å². The molecule has 22 heavy (non-hydrogen) atoms. The van der Waals surface area contributed by atoms with Crippen LogP contribution in [0.1, 0.15) is 50.7 Å². The topological polar surface area (TPSA) is 75.7 Å². The van der Waals surface area contributed by atoms with Gasteiger partial charge < -0.3 is 19.4 Å². The van der Waals surface area contributed by atoms with Crippen molar-refractivity contribution in [1.29, 1.82) is 0 Å². The number of esters is 1. The van der Waals surface area contributed by atoms with Crippen molar-refractivity contribution in [2.45, 2.75) is 39.5 Å². The standard InChI is InChI=1S/C16H22O5.Na/c1-10(2)12-6-5-7-13(11(3)4)16(12)21-15(19)9-20-8-14(17)18;/h5-7,10-11H,8-9H2,1-4H3,(H,17,18);/q;+1/p-1. The van der Waals surface area contributed by atoms with Gasteiger partial charge in [0, 0.05) is 0 Å². The van der Waals surface area contributed by atoms with Gasteiger partial charge in [0.1, 0.15) is 12.4 Å². The van der Waals surface area contributed by atoms with Gasteiger partial charge in [-0.1, -0.05) is 45.9 Å². The third kappa shape index (κ3) is 6.48. The van der Waals surface area contributed by atoms with Crippen molar-refractivity contribution in [3.05, 3.63) is 29.3 Å². The molecule has 5 nitrogen and oxygen atoms in total. The summed E-state index contributed by atoms with van der Waals surface area (Å²) in [5.41, 5.74) is 1.88. The van der Waals surface area contributed by atoms with Crippen molar-refractivity contribution in [3.63, 3.8) is 0 Å². The van der Waals surface area contributed by atoms with Gasteiger partial charge in [0.05, 0.1) is 12.6 Å². The van der Waals surface area contributed by atoms with Crippen LogP contribution >= 0.6 is 0 Å². The van der Waals surface area contributed by atoms with Gasteiger partial charge in [-0.25, -0.2) is 4.79 Å². The summed E-state index contributed by atoms with van der Waals surface area (Å²) in [6, 6.07) is 5.77. The van der Waals surface area contributed by atoms with Crippen molar-refractivity contribution in [2.75, 3.05) is 13.2 Å². The van der Waals surface area contributed by atoms with Crippen LogP contribution in [0.15, 0.2) is 18.2 Å². The van der Waals surface area contributed by atoms with Gasteiger partial charge in [0.15, 0.2) is 0 Å². The van der Waals surface area contributed by atoms with Crippen LogP contribution in [-0.2, 0) is 14.3 Å². The second-order valence-corrected chi connectivity index (χ2v) is 5.41. The number of rotatable bonds is 7. The minimum absolute atomic E-state index is 0. The first kappa shape index (κ1) is 21.1. The van der Waals surface area contributed by atoms with E-state index < -0.39 is 25.2 Å². The third-order valence-corrected chi connectivity index (χ3v) is 2.98. The average molecular weight is 316 g/mol. The fourth-order valence-electron chi connectivity index (χ4n) is 1.96. The molecule has 0 radical (unpaired) electrons. The molecule has 1 aromatic rings. The summed E-state index contributed by atoms with van der Waals surface area (Å²) in [5, 5.41) is 10.2. The predicted molar refractivity (Wildman–Crippen MR) is 76.1 cm³/mol. The van der Waals surface area contributed by atoms with Crippen molar-refractivity contribution in [2.24, 2.45) is 0 Å². The molecule has 0 heterocycles. The van der Waals surface area contributed by atoms with Gasteiger partial charge in [-0.15, -0.1) is 0 Å².